The monoisotopic (exact) mass is 283 g/mol. The number of nitrogens with two attached hydrogens (primary N) is 1. The van der Waals surface area contributed by atoms with Crippen molar-refractivity contribution in [3.05, 3.63) is 60.2 Å². The standard InChI is InChI=1S/C18H25N3/c1-3-21(4-2)18(15-8-6-5-7-9-15)14-20-17-12-10-16(19)11-13-17/h5-13,18,20H,3-4,14,19H2,1-2H3. The molecule has 0 amide bonds. The summed E-state index contributed by atoms with van der Waals surface area (Å²) < 4.78 is 0. The minimum Gasteiger partial charge on any atom is -0.399 e. The molecule has 0 saturated carbocycles. The van der Waals surface area contributed by atoms with Gasteiger partial charge in [0.2, 0.25) is 0 Å². The number of anilines is 2. The van der Waals surface area contributed by atoms with Crippen LogP contribution in [0.25, 0.3) is 0 Å². The van der Waals surface area contributed by atoms with Gasteiger partial charge in [-0.3, -0.25) is 4.90 Å². The quantitative estimate of drug-likeness (QED) is 0.760. The zero-order valence-electron chi connectivity index (χ0n) is 12.9. The lowest BCUT2D eigenvalue weighted by Gasteiger charge is -2.30. The Kier molecular flexibility index (Phi) is 5.64. The first-order valence-electron chi connectivity index (χ1n) is 7.63. The Bertz CT molecular complexity index is 518. The van der Waals surface area contributed by atoms with Crippen molar-refractivity contribution < 1.29 is 0 Å². The van der Waals surface area contributed by atoms with Crippen molar-refractivity contribution in [3.8, 4) is 0 Å². The van der Waals surface area contributed by atoms with E-state index < -0.39 is 0 Å². The molecule has 0 radical (unpaired) electrons. The van der Waals surface area contributed by atoms with Crippen molar-refractivity contribution in [3.63, 3.8) is 0 Å². The molecule has 0 fully saturated rings. The number of nitrogens with zero attached hydrogens (tertiary/aromatic N) is 1. The fourth-order valence-electron chi connectivity index (χ4n) is 2.61. The van der Waals surface area contributed by atoms with Crippen LogP contribution >= 0.6 is 0 Å². The highest BCUT2D eigenvalue weighted by molar-refractivity contribution is 5.51. The first-order chi connectivity index (χ1) is 10.2. The van der Waals surface area contributed by atoms with Crippen LogP contribution < -0.4 is 11.1 Å². The van der Waals surface area contributed by atoms with Gasteiger partial charge in [-0.2, -0.15) is 0 Å². The zero-order chi connectivity index (χ0) is 15.1. The molecule has 112 valence electrons. The minimum atomic E-state index is 0.374. The molecular formula is C18H25N3. The predicted molar refractivity (Wildman–Crippen MR) is 91.4 cm³/mol. The Balaban J connectivity index is 2.10. The molecule has 3 nitrogen and oxygen atoms in total. The van der Waals surface area contributed by atoms with Crippen LogP contribution in [0.1, 0.15) is 25.5 Å². The highest BCUT2D eigenvalue weighted by atomic mass is 15.2. The van der Waals surface area contributed by atoms with Crippen molar-refractivity contribution in [2.24, 2.45) is 0 Å². The maximum atomic E-state index is 5.73. The third kappa shape index (κ3) is 4.23. The third-order valence-electron chi connectivity index (χ3n) is 3.85. The van der Waals surface area contributed by atoms with Crippen LogP contribution in [-0.2, 0) is 0 Å². The molecule has 2 aromatic rings. The Morgan fingerprint density at radius 3 is 2.14 bits per heavy atom. The molecule has 21 heavy (non-hydrogen) atoms. The maximum absolute atomic E-state index is 5.73. The van der Waals surface area contributed by atoms with E-state index in [9.17, 15) is 0 Å². The lowest BCUT2D eigenvalue weighted by molar-refractivity contribution is 0.228. The van der Waals surface area contributed by atoms with E-state index in [1.54, 1.807) is 0 Å². The summed E-state index contributed by atoms with van der Waals surface area (Å²) >= 11 is 0. The molecule has 0 spiro atoms. The molecule has 0 saturated heterocycles. The van der Waals surface area contributed by atoms with E-state index in [0.717, 1.165) is 31.0 Å². The largest absolute Gasteiger partial charge is 0.399 e. The van der Waals surface area contributed by atoms with Gasteiger partial charge in [0.25, 0.3) is 0 Å². The van der Waals surface area contributed by atoms with Crippen LogP contribution in [-0.4, -0.2) is 24.5 Å². The molecule has 0 aromatic heterocycles. The van der Waals surface area contributed by atoms with Gasteiger partial charge in [-0.05, 0) is 42.9 Å². The molecule has 0 bridgehead atoms. The molecule has 3 heteroatoms. The lowest BCUT2D eigenvalue weighted by atomic mass is 10.0. The van der Waals surface area contributed by atoms with Gasteiger partial charge >= 0.3 is 0 Å². The molecule has 1 atom stereocenters. The van der Waals surface area contributed by atoms with Gasteiger partial charge in [0.05, 0.1) is 6.04 Å². The summed E-state index contributed by atoms with van der Waals surface area (Å²) in [7, 11) is 0. The number of benzene rings is 2. The van der Waals surface area contributed by atoms with E-state index in [4.69, 9.17) is 5.73 Å². The van der Waals surface area contributed by atoms with E-state index in [1.165, 1.54) is 5.56 Å². The van der Waals surface area contributed by atoms with E-state index in [2.05, 4.69) is 54.4 Å². The van der Waals surface area contributed by atoms with E-state index >= 15 is 0 Å². The summed E-state index contributed by atoms with van der Waals surface area (Å²) in [5, 5.41) is 3.52. The van der Waals surface area contributed by atoms with Gasteiger partial charge in [0, 0.05) is 17.9 Å². The molecule has 0 aliphatic heterocycles. The second-order valence-corrected chi connectivity index (χ2v) is 5.15. The Morgan fingerprint density at radius 2 is 1.57 bits per heavy atom. The number of likely N-dealkylation sites (N-methyl/N-ethyl adjacent to an activating group) is 1. The van der Waals surface area contributed by atoms with Crippen LogP contribution in [0, 0.1) is 0 Å². The second-order valence-electron chi connectivity index (χ2n) is 5.15. The van der Waals surface area contributed by atoms with Gasteiger partial charge in [0.1, 0.15) is 0 Å². The average molecular weight is 283 g/mol. The molecule has 1 unspecified atom stereocenters. The fraction of sp³-hybridized carbons (Fsp3) is 0.333. The first kappa shape index (κ1) is 15.4. The smallest absolute Gasteiger partial charge is 0.0520 e. The van der Waals surface area contributed by atoms with Gasteiger partial charge in [-0.25, -0.2) is 0 Å². The fourth-order valence-corrected chi connectivity index (χ4v) is 2.61. The topological polar surface area (TPSA) is 41.3 Å². The van der Waals surface area contributed by atoms with Gasteiger partial charge in [0.15, 0.2) is 0 Å². The molecule has 0 heterocycles. The van der Waals surface area contributed by atoms with Crippen LogP contribution in [0.5, 0.6) is 0 Å². The number of hydrogen-bond donors (Lipinski definition) is 2. The van der Waals surface area contributed by atoms with Crippen LogP contribution in [0.4, 0.5) is 11.4 Å². The molecule has 0 aliphatic carbocycles. The van der Waals surface area contributed by atoms with Crippen molar-refractivity contribution >= 4 is 11.4 Å². The number of hydrogen-bond acceptors (Lipinski definition) is 3. The van der Waals surface area contributed by atoms with Crippen molar-refractivity contribution in [2.45, 2.75) is 19.9 Å². The molecule has 0 aliphatic rings. The second kappa shape index (κ2) is 7.70. The van der Waals surface area contributed by atoms with Gasteiger partial charge in [-0.1, -0.05) is 44.2 Å². The Labute approximate surface area is 127 Å². The van der Waals surface area contributed by atoms with E-state index in [1.807, 2.05) is 24.3 Å². The number of nitrogens with one attached hydrogen (secondary N) is 1. The van der Waals surface area contributed by atoms with Crippen molar-refractivity contribution in [1.82, 2.24) is 4.90 Å². The van der Waals surface area contributed by atoms with Crippen LogP contribution in [0.2, 0.25) is 0 Å². The summed E-state index contributed by atoms with van der Waals surface area (Å²) in [5.41, 5.74) is 8.98. The Hall–Kier alpha value is -2.00. The average Bonchev–Trinajstić information content (AvgIpc) is 2.54. The van der Waals surface area contributed by atoms with Crippen LogP contribution in [0.3, 0.4) is 0 Å². The zero-order valence-corrected chi connectivity index (χ0v) is 12.9. The minimum absolute atomic E-state index is 0.374. The predicted octanol–water partition coefficient (Wildman–Crippen LogP) is 3.76. The highest BCUT2D eigenvalue weighted by Crippen LogP contribution is 2.21. The molecule has 2 rings (SSSR count). The lowest BCUT2D eigenvalue weighted by Crippen LogP contribution is -2.33. The van der Waals surface area contributed by atoms with Crippen molar-refractivity contribution in [2.75, 3.05) is 30.7 Å². The summed E-state index contributed by atoms with van der Waals surface area (Å²) in [6.07, 6.45) is 0. The third-order valence-corrected chi connectivity index (χ3v) is 3.85. The summed E-state index contributed by atoms with van der Waals surface area (Å²) in [6.45, 7) is 7.39. The first-order valence-corrected chi connectivity index (χ1v) is 7.63. The number of rotatable bonds is 7. The van der Waals surface area contributed by atoms with Gasteiger partial charge < -0.3 is 11.1 Å². The summed E-state index contributed by atoms with van der Waals surface area (Å²) in [6, 6.07) is 19.0. The SMILES string of the molecule is CCN(CC)C(CNc1ccc(N)cc1)c1ccccc1. The maximum Gasteiger partial charge on any atom is 0.0520 e. The Morgan fingerprint density at radius 1 is 0.952 bits per heavy atom. The summed E-state index contributed by atoms with van der Waals surface area (Å²) in [5.74, 6) is 0. The highest BCUT2D eigenvalue weighted by Gasteiger charge is 2.17. The van der Waals surface area contributed by atoms with Crippen LogP contribution in [0.15, 0.2) is 54.6 Å². The van der Waals surface area contributed by atoms with Crippen molar-refractivity contribution in [1.29, 1.82) is 0 Å². The molecular weight excluding hydrogens is 258 g/mol. The van der Waals surface area contributed by atoms with E-state index in [0.29, 0.717) is 6.04 Å². The molecule has 3 N–H and O–H groups in total. The summed E-state index contributed by atoms with van der Waals surface area (Å²) in [4.78, 5) is 2.47. The normalized spacial score (nSPS) is 12.3. The molecule has 2 aromatic carbocycles. The number of nitrogen functional groups attached to an aromatic ring is 1. The van der Waals surface area contributed by atoms with E-state index in [-0.39, 0.29) is 0 Å². The van der Waals surface area contributed by atoms with Gasteiger partial charge in [-0.15, -0.1) is 0 Å².